The lowest BCUT2D eigenvalue weighted by molar-refractivity contribution is 0.112. The molecule has 2 nitrogen and oxygen atoms in total. The van der Waals surface area contributed by atoms with Crippen LogP contribution in [0.2, 0.25) is 0 Å². The van der Waals surface area contributed by atoms with Gasteiger partial charge in [-0.05, 0) is 36.4 Å². The molecular formula is C12H7F2NO. The van der Waals surface area contributed by atoms with Crippen LogP contribution in [-0.2, 0) is 0 Å². The molecule has 2 rings (SSSR count). The van der Waals surface area contributed by atoms with Crippen LogP contribution in [0.3, 0.4) is 0 Å². The average molecular weight is 219 g/mol. The van der Waals surface area contributed by atoms with Gasteiger partial charge < -0.3 is 0 Å². The van der Waals surface area contributed by atoms with Gasteiger partial charge in [-0.2, -0.15) is 4.39 Å². The molecule has 80 valence electrons. The van der Waals surface area contributed by atoms with Gasteiger partial charge in [0.1, 0.15) is 5.82 Å². The van der Waals surface area contributed by atoms with Crippen molar-refractivity contribution in [1.29, 1.82) is 0 Å². The summed E-state index contributed by atoms with van der Waals surface area (Å²) in [6, 6.07) is 7.81. The molecule has 0 radical (unpaired) electrons. The first-order valence-corrected chi connectivity index (χ1v) is 4.58. The first-order chi connectivity index (χ1) is 7.70. The van der Waals surface area contributed by atoms with Crippen LogP contribution < -0.4 is 0 Å². The Kier molecular flexibility index (Phi) is 2.72. The molecule has 1 aromatic heterocycles. The maximum absolute atomic E-state index is 12.9. The Hall–Kier alpha value is -2.10. The van der Waals surface area contributed by atoms with Gasteiger partial charge in [-0.1, -0.05) is 0 Å². The van der Waals surface area contributed by atoms with Crippen molar-refractivity contribution in [3.8, 4) is 11.3 Å². The molecule has 0 fully saturated rings. The molecule has 0 unspecified atom stereocenters. The van der Waals surface area contributed by atoms with E-state index in [1.807, 2.05) is 0 Å². The lowest BCUT2D eigenvalue weighted by Gasteiger charge is -2.03. The zero-order valence-corrected chi connectivity index (χ0v) is 8.15. The molecule has 0 amide bonds. The lowest BCUT2D eigenvalue weighted by Crippen LogP contribution is -1.94. The van der Waals surface area contributed by atoms with Crippen LogP contribution in [0.15, 0.2) is 36.4 Å². The van der Waals surface area contributed by atoms with E-state index in [-0.39, 0.29) is 11.3 Å². The van der Waals surface area contributed by atoms with E-state index in [1.54, 1.807) is 0 Å². The highest BCUT2D eigenvalue weighted by Crippen LogP contribution is 2.20. The first-order valence-electron chi connectivity index (χ1n) is 4.58. The highest BCUT2D eigenvalue weighted by Gasteiger charge is 2.07. The zero-order chi connectivity index (χ0) is 11.5. The van der Waals surface area contributed by atoms with E-state index in [1.165, 1.54) is 30.3 Å². The van der Waals surface area contributed by atoms with Gasteiger partial charge in [0.2, 0.25) is 5.95 Å². The van der Waals surface area contributed by atoms with Crippen molar-refractivity contribution in [2.24, 2.45) is 0 Å². The lowest BCUT2D eigenvalue weighted by atomic mass is 10.1. The van der Waals surface area contributed by atoms with E-state index < -0.39 is 11.8 Å². The largest absolute Gasteiger partial charge is 0.298 e. The zero-order valence-electron chi connectivity index (χ0n) is 8.15. The molecule has 0 spiro atoms. The number of aromatic nitrogens is 1. The van der Waals surface area contributed by atoms with Crippen molar-refractivity contribution in [3.63, 3.8) is 0 Å². The summed E-state index contributed by atoms with van der Waals surface area (Å²) in [5.41, 5.74) is 0.992. The molecule has 4 heteroatoms. The number of halogens is 2. The van der Waals surface area contributed by atoms with Crippen molar-refractivity contribution in [2.45, 2.75) is 0 Å². The third kappa shape index (κ3) is 1.95. The van der Waals surface area contributed by atoms with Gasteiger partial charge in [-0.15, -0.1) is 0 Å². The summed E-state index contributed by atoms with van der Waals surface area (Å²) in [7, 11) is 0. The SMILES string of the molecule is O=Cc1ccc(F)nc1-c1ccc(F)cc1. The summed E-state index contributed by atoms with van der Waals surface area (Å²) in [6.07, 6.45) is 0.588. The molecule has 1 aromatic carbocycles. The van der Waals surface area contributed by atoms with E-state index in [9.17, 15) is 13.6 Å². The molecule has 0 aliphatic carbocycles. The molecule has 2 aromatic rings. The van der Waals surface area contributed by atoms with Crippen LogP contribution in [0, 0.1) is 11.8 Å². The number of aldehydes is 1. The Morgan fingerprint density at radius 3 is 2.31 bits per heavy atom. The molecule has 0 aliphatic heterocycles. The minimum absolute atomic E-state index is 0.218. The predicted octanol–water partition coefficient (Wildman–Crippen LogP) is 2.84. The minimum atomic E-state index is -0.676. The number of hydrogen-bond acceptors (Lipinski definition) is 2. The smallest absolute Gasteiger partial charge is 0.213 e. The quantitative estimate of drug-likeness (QED) is 0.574. The van der Waals surface area contributed by atoms with Gasteiger partial charge in [0.25, 0.3) is 0 Å². The van der Waals surface area contributed by atoms with Crippen LogP contribution in [0.4, 0.5) is 8.78 Å². The monoisotopic (exact) mass is 219 g/mol. The minimum Gasteiger partial charge on any atom is -0.298 e. The van der Waals surface area contributed by atoms with Gasteiger partial charge in [0.15, 0.2) is 6.29 Å². The third-order valence-electron chi connectivity index (χ3n) is 2.14. The standard InChI is InChI=1S/C12H7F2NO/c13-10-4-1-8(2-5-10)12-9(7-16)3-6-11(14)15-12/h1-7H. The van der Waals surface area contributed by atoms with Crippen molar-refractivity contribution in [2.75, 3.05) is 0 Å². The van der Waals surface area contributed by atoms with Crippen molar-refractivity contribution < 1.29 is 13.6 Å². The summed E-state index contributed by atoms with van der Waals surface area (Å²) in [5.74, 6) is -1.07. The van der Waals surface area contributed by atoms with Crippen LogP contribution >= 0.6 is 0 Å². The molecular weight excluding hydrogens is 212 g/mol. The van der Waals surface area contributed by atoms with Crippen molar-refractivity contribution in [1.82, 2.24) is 4.98 Å². The van der Waals surface area contributed by atoms with E-state index in [2.05, 4.69) is 4.98 Å². The number of carbonyl (C=O) groups excluding carboxylic acids is 1. The van der Waals surface area contributed by atoms with Crippen molar-refractivity contribution >= 4 is 6.29 Å². The van der Waals surface area contributed by atoms with E-state index in [4.69, 9.17) is 0 Å². The number of benzene rings is 1. The van der Waals surface area contributed by atoms with Crippen LogP contribution in [0.5, 0.6) is 0 Å². The van der Waals surface area contributed by atoms with Gasteiger partial charge >= 0.3 is 0 Å². The fourth-order valence-electron chi connectivity index (χ4n) is 1.38. The number of carbonyl (C=O) groups is 1. The Labute approximate surface area is 90.6 Å². The maximum Gasteiger partial charge on any atom is 0.213 e. The Morgan fingerprint density at radius 1 is 1.00 bits per heavy atom. The van der Waals surface area contributed by atoms with Crippen molar-refractivity contribution in [3.05, 3.63) is 53.7 Å². The van der Waals surface area contributed by atoms with Crippen LogP contribution in [0.1, 0.15) is 10.4 Å². The van der Waals surface area contributed by atoms with Gasteiger partial charge in [0, 0.05) is 11.1 Å². The van der Waals surface area contributed by atoms with Crippen LogP contribution in [0.25, 0.3) is 11.3 Å². The summed E-state index contributed by atoms with van der Waals surface area (Å²) < 4.78 is 25.6. The Balaban J connectivity index is 2.57. The Morgan fingerprint density at radius 2 is 1.69 bits per heavy atom. The van der Waals surface area contributed by atoms with E-state index in [0.29, 0.717) is 11.8 Å². The molecule has 0 saturated heterocycles. The highest BCUT2D eigenvalue weighted by molar-refractivity contribution is 5.85. The highest BCUT2D eigenvalue weighted by atomic mass is 19.1. The normalized spacial score (nSPS) is 10.1. The summed E-state index contributed by atoms with van der Waals surface area (Å²) >= 11 is 0. The molecule has 0 N–H and O–H groups in total. The molecule has 0 aliphatic rings. The molecule has 1 heterocycles. The summed E-state index contributed by atoms with van der Waals surface area (Å²) in [5, 5.41) is 0. The third-order valence-corrected chi connectivity index (χ3v) is 2.14. The van der Waals surface area contributed by atoms with Crippen LogP contribution in [-0.4, -0.2) is 11.3 Å². The topological polar surface area (TPSA) is 30.0 Å². The second kappa shape index (κ2) is 4.18. The average Bonchev–Trinajstić information content (AvgIpc) is 2.30. The second-order valence-corrected chi connectivity index (χ2v) is 3.20. The maximum atomic E-state index is 12.9. The fraction of sp³-hybridized carbons (Fsp3) is 0. The summed E-state index contributed by atoms with van der Waals surface area (Å²) in [6.45, 7) is 0. The second-order valence-electron chi connectivity index (χ2n) is 3.20. The molecule has 0 bridgehead atoms. The molecule has 0 saturated carbocycles. The molecule has 0 atom stereocenters. The number of nitrogens with zero attached hydrogens (tertiary/aromatic N) is 1. The number of pyridine rings is 1. The van der Waals surface area contributed by atoms with Gasteiger partial charge in [-0.3, -0.25) is 4.79 Å². The van der Waals surface area contributed by atoms with E-state index >= 15 is 0 Å². The van der Waals surface area contributed by atoms with E-state index in [0.717, 1.165) is 6.07 Å². The number of rotatable bonds is 2. The predicted molar refractivity (Wildman–Crippen MR) is 55.0 cm³/mol. The van der Waals surface area contributed by atoms with Gasteiger partial charge in [0.05, 0.1) is 5.69 Å². The Bertz CT molecular complexity index is 523. The summed E-state index contributed by atoms with van der Waals surface area (Å²) in [4.78, 5) is 14.4. The molecule has 16 heavy (non-hydrogen) atoms. The fourth-order valence-corrected chi connectivity index (χ4v) is 1.38. The van der Waals surface area contributed by atoms with Gasteiger partial charge in [-0.25, -0.2) is 9.37 Å². The first kappa shape index (κ1) is 10.4. The number of hydrogen-bond donors (Lipinski definition) is 0.